The van der Waals surface area contributed by atoms with Crippen molar-refractivity contribution < 1.29 is 36.3 Å². The maximum atomic E-state index is 13.6. The molecule has 0 unspecified atom stereocenters. The summed E-state index contributed by atoms with van der Waals surface area (Å²) in [6.45, 7) is 1.13. The van der Waals surface area contributed by atoms with Crippen molar-refractivity contribution in [3.63, 3.8) is 0 Å². The number of nitrogens with zero attached hydrogens (tertiary/aromatic N) is 2. The molecule has 2 fully saturated rings. The van der Waals surface area contributed by atoms with Gasteiger partial charge in [-0.25, -0.2) is 13.8 Å². The third-order valence-corrected chi connectivity index (χ3v) is 7.11. The molecule has 1 saturated heterocycles. The van der Waals surface area contributed by atoms with Crippen LogP contribution in [-0.4, -0.2) is 70.2 Å². The molecule has 1 aliphatic heterocycles. The Morgan fingerprint density at radius 1 is 1.23 bits per heavy atom. The minimum absolute atomic E-state index is 0.0689. The van der Waals surface area contributed by atoms with Crippen LogP contribution in [0.3, 0.4) is 0 Å². The standard InChI is InChI=1S/C24H23ClF5N7O3/c1-40-17-9-31-8-16(17)35-21(38)12-3-2-10(5-15(12)25)34-22(39)20-32-7-11(33-20)4-13-18(14-6-23(14,26)27)36-37-19(13)24(28,29)30/h2-3,5,7,14,16-17,31H,4,6,8-9H2,1H3,(H,32,33)(H,34,39)(H,35,38)(H,36,37)/t14-,16-,17-/m0/s1. The van der Waals surface area contributed by atoms with Crippen molar-refractivity contribution in [2.24, 2.45) is 0 Å². The van der Waals surface area contributed by atoms with Gasteiger partial charge in [-0.05, 0) is 18.2 Å². The van der Waals surface area contributed by atoms with Crippen molar-refractivity contribution in [3.05, 3.63) is 63.5 Å². The zero-order chi connectivity index (χ0) is 28.8. The smallest absolute Gasteiger partial charge is 0.378 e. The summed E-state index contributed by atoms with van der Waals surface area (Å²) < 4.78 is 72.9. The normalized spacial score (nSPS) is 21.8. The number of aromatic amines is 2. The molecule has 5 N–H and O–H groups in total. The van der Waals surface area contributed by atoms with Crippen molar-refractivity contribution in [1.82, 2.24) is 30.8 Å². The minimum Gasteiger partial charge on any atom is -0.378 e. The predicted octanol–water partition coefficient (Wildman–Crippen LogP) is 3.49. The van der Waals surface area contributed by atoms with Gasteiger partial charge in [0.2, 0.25) is 0 Å². The molecule has 1 aromatic carbocycles. The zero-order valence-electron chi connectivity index (χ0n) is 20.8. The van der Waals surface area contributed by atoms with Crippen LogP contribution in [0.25, 0.3) is 0 Å². The van der Waals surface area contributed by atoms with Gasteiger partial charge in [-0.1, -0.05) is 11.6 Å². The van der Waals surface area contributed by atoms with E-state index in [9.17, 15) is 31.5 Å². The number of carbonyl (C=O) groups is 2. The lowest BCUT2D eigenvalue weighted by atomic mass is 10.0. The summed E-state index contributed by atoms with van der Waals surface area (Å²) in [7, 11) is 1.55. The van der Waals surface area contributed by atoms with Crippen LogP contribution in [0.1, 0.15) is 56.0 Å². The lowest BCUT2D eigenvalue weighted by Crippen LogP contribution is -2.43. The van der Waals surface area contributed by atoms with Crippen LogP contribution in [0.15, 0.2) is 24.4 Å². The number of hydrogen-bond donors (Lipinski definition) is 5. The summed E-state index contributed by atoms with van der Waals surface area (Å²) in [4.78, 5) is 31.9. The van der Waals surface area contributed by atoms with E-state index in [0.29, 0.717) is 13.1 Å². The third kappa shape index (κ3) is 5.67. The quantitative estimate of drug-likeness (QED) is 0.256. The number of aromatic nitrogens is 4. The van der Waals surface area contributed by atoms with Crippen LogP contribution in [0.4, 0.5) is 27.6 Å². The maximum absolute atomic E-state index is 13.6. The molecule has 3 atom stereocenters. The Morgan fingerprint density at radius 2 is 1.98 bits per heavy atom. The molecule has 3 heterocycles. The highest BCUT2D eigenvalue weighted by Gasteiger charge is 2.60. The van der Waals surface area contributed by atoms with Gasteiger partial charge in [-0.3, -0.25) is 14.7 Å². The molecular formula is C24H23ClF5N7O3. The van der Waals surface area contributed by atoms with Gasteiger partial charge in [-0.15, -0.1) is 0 Å². The van der Waals surface area contributed by atoms with Crippen LogP contribution in [0.5, 0.6) is 0 Å². The second-order valence-electron chi connectivity index (χ2n) is 9.57. The molecule has 0 bridgehead atoms. The first-order valence-corrected chi connectivity index (χ1v) is 12.5. The van der Waals surface area contributed by atoms with Gasteiger partial charge in [0.25, 0.3) is 17.7 Å². The average molecular weight is 588 g/mol. The lowest BCUT2D eigenvalue weighted by Gasteiger charge is -2.19. The number of nitrogens with one attached hydrogen (secondary N) is 5. The zero-order valence-corrected chi connectivity index (χ0v) is 21.5. The van der Waals surface area contributed by atoms with Crippen molar-refractivity contribution in [3.8, 4) is 0 Å². The summed E-state index contributed by atoms with van der Waals surface area (Å²) in [5.41, 5.74) is -1.53. The highest BCUT2D eigenvalue weighted by atomic mass is 35.5. The Bertz CT molecular complexity index is 1440. The van der Waals surface area contributed by atoms with E-state index >= 15 is 0 Å². The van der Waals surface area contributed by atoms with E-state index in [0.717, 1.165) is 6.20 Å². The summed E-state index contributed by atoms with van der Waals surface area (Å²) >= 11 is 6.27. The Labute approximate surface area is 228 Å². The Kier molecular flexibility index (Phi) is 7.31. The van der Waals surface area contributed by atoms with E-state index in [4.69, 9.17) is 16.3 Å². The Hall–Kier alpha value is -3.56. The molecule has 1 saturated carbocycles. The number of ether oxygens (including phenoxy) is 1. The van der Waals surface area contributed by atoms with Crippen molar-refractivity contribution >= 4 is 29.1 Å². The van der Waals surface area contributed by atoms with Gasteiger partial charge in [-0.2, -0.15) is 18.3 Å². The van der Waals surface area contributed by atoms with Crippen LogP contribution in [-0.2, 0) is 17.3 Å². The molecule has 2 amide bonds. The van der Waals surface area contributed by atoms with Gasteiger partial charge >= 0.3 is 6.18 Å². The summed E-state index contributed by atoms with van der Waals surface area (Å²) in [5, 5.41) is 13.9. The molecule has 5 rings (SSSR count). The van der Waals surface area contributed by atoms with Crippen molar-refractivity contribution in [2.75, 3.05) is 25.5 Å². The third-order valence-electron chi connectivity index (χ3n) is 6.80. The number of hydrogen-bond acceptors (Lipinski definition) is 6. The number of halogens is 6. The molecule has 0 spiro atoms. The van der Waals surface area contributed by atoms with Crippen LogP contribution in [0, 0.1) is 0 Å². The first kappa shape index (κ1) is 28.0. The van der Waals surface area contributed by atoms with E-state index in [1.807, 2.05) is 0 Å². The largest absolute Gasteiger partial charge is 0.435 e. The van der Waals surface area contributed by atoms with E-state index in [1.54, 1.807) is 7.11 Å². The van der Waals surface area contributed by atoms with Gasteiger partial charge < -0.3 is 25.7 Å². The molecule has 1 aliphatic carbocycles. The van der Waals surface area contributed by atoms with Crippen molar-refractivity contribution in [1.29, 1.82) is 0 Å². The van der Waals surface area contributed by atoms with Gasteiger partial charge in [0, 0.05) is 61.9 Å². The molecule has 3 aromatic rings. The highest BCUT2D eigenvalue weighted by Crippen LogP contribution is 2.56. The van der Waals surface area contributed by atoms with Crippen molar-refractivity contribution in [2.45, 2.75) is 43.0 Å². The fourth-order valence-electron chi connectivity index (χ4n) is 4.62. The Balaban J connectivity index is 1.26. The highest BCUT2D eigenvalue weighted by molar-refractivity contribution is 6.34. The monoisotopic (exact) mass is 587 g/mol. The number of carbonyl (C=O) groups excluding carboxylic acids is 2. The Morgan fingerprint density at radius 3 is 2.62 bits per heavy atom. The number of alkyl halides is 5. The van der Waals surface area contributed by atoms with Crippen LogP contribution >= 0.6 is 11.6 Å². The number of anilines is 1. The van der Waals surface area contributed by atoms with Gasteiger partial charge in [0.15, 0.2) is 11.5 Å². The fraction of sp³-hybridized carbons (Fsp3) is 0.417. The number of H-pyrrole nitrogens is 2. The van der Waals surface area contributed by atoms with Gasteiger partial charge in [0.05, 0.1) is 28.6 Å². The summed E-state index contributed by atoms with van der Waals surface area (Å²) in [6.07, 6.45) is -4.94. The second kappa shape index (κ2) is 10.4. The molecule has 40 heavy (non-hydrogen) atoms. The number of amides is 2. The SMILES string of the molecule is CO[C@H]1CNC[C@@H]1NC(=O)c1ccc(NC(=O)c2ncc(Cc3c(C(F)(F)F)n[nH]c3[C@@H]3CC3(F)F)[nH]2)cc1Cl. The number of methoxy groups -OCH3 is 1. The molecular weight excluding hydrogens is 565 g/mol. The number of rotatable bonds is 8. The molecule has 10 nitrogen and oxygen atoms in total. The molecule has 2 aromatic heterocycles. The molecule has 16 heteroatoms. The van der Waals surface area contributed by atoms with Crippen LogP contribution in [0.2, 0.25) is 5.02 Å². The lowest BCUT2D eigenvalue weighted by molar-refractivity contribution is -0.141. The van der Waals surface area contributed by atoms with Crippen LogP contribution < -0.4 is 16.0 Å². The molecule has 2 aliphatic rings. The van der Waals surface area contributed by atoms with Gasteiger partial charge in [0.1, 0.15) is 0 Å². The first-order chi connectivity index (χ1) is 18.9. The van der Waals surface area contributed by atoms with E-state index in [2.05, 4.69) is 36.1 Å². The topological polar surface area (TPSA) is 137 Å². The minimum atomic E-state index is -4.86. The van der Waals surface area contributed by atoms with E-state index < -0.39 is 53.9 Å². The maximum Gasteiger partial charge on any atom is 0.435 e. The fourth-order valence-corrected chi connectivity index (χ4v) is 4.89. The molecule has 0 radical (unpaired) electrons. The second-order valence-corrected chi connectivity index (χ2v) is 9.98. The first-order valence-electron chi connectivity index (χ1n) is 12.1. The predicted molar refractivity (Wildman–Crippen MR) is 132 cm³/mol. The average Bonchev–Trinajstić information content (AvgIpc) is 3.36. The van der Waals surface area contributed by atoms with E-state index in [-0.39, 0.29) is 45.6 Å². The number of imidazole rings is 1. The summed E-state index contributed by atoms with van der Waals surface area (Å²) in [6, 6.07) is 4.00. The summed E-state index contributed by atoms with van der Waals surface area (Å²) in [5.74, 6) is -5.89. The molecule has 214 valence electrons. The number of benzene rings is 1. The van der Waals surface area contributed by atoms with E-state index in [1.165, 1.54) is 18.2 Å².